The number of hydrogen-bond acceptors (Lipinski definition) is 7. The van der Waals surface area contributed by atoms with E-state index in [0.29, 0.717) is 32.1 Å². The highest BCUT2D eigenvalue weighted by atomic mass is 16.5. The molecule has 1 saturated heterocycles. The lowest BCUT2D eigenvalue weighted by Crippen LogP contribution is -2.39. The molecule has 144 valence electrons. The molecule has 27 heavy (non-hydrogen) atoms. The minimum Gasteiger partial charge on any atom is -0.488 e. The average molecular weight is 372 g/mol. The number of nitrogens with one attached hydrogen (secondary N) is 1. The van der Waals surface area contributed by atoms with Gasteiger partial charge in [0.25, 0.3) is 0 Å². The monoisotopic (exact) mass is 372 g/mol. The summed E-state index contributed by atoms with van der Waals surface area (Å²) in [6, 6.07) is 8.04. The van der Waals surface area contributed by atoms with Crippen LogP contribution in [-0.4, -0.2) is 70.0 Å². The molecular weight excluding hydrogens is 348 g/mol. The van der Waals surface area contributed by atoms with Crippen LogP contribution in [0.5, 0.6) is 5.75 Å². The summed E-state index contributed by atoms with van der Waals surface area (Å²) in [5.41, 5.74) is 1.22. The van der Waals surface area contributed by atoms with Crippen LogP contribution < -0.4 is 10.1 Å². The summed E-state index contributed by atoms with van der Waals surface area (Å²) in [5.74, 6) is 1.49. The third-order valence-corrected chi connectivity index (χ3v) is 4.90. The first kappa shape index (κ1) is 17.9. The van der Waals surface area contributed by atoms with E-state index in [1.54, 1.807) is 4.68 Å². The average Bonchev–Trinajstić information content (AvgIpc) is 3.13. The van der Waals surface area contributed by atoms with Crippen molar-refractivity contribution in [3.8, 4) is 5.75 Å². The van der Waals surface area contributed by atoms with E-state index >= 15 is 0 Å². The van der Waals surface area contributed by atoms with Crippen molar-refractivity contribution < 1.29 is 14.3 Å². The number of benzene rings is 1. The summed E-state index contributed by atoms with van der Waals surface area (Å²) in [7, 11) is 0. The molecule has 2 aliphatic rings. The van der Waals surface area contributed by atoms with Crippen LogP contribution in [0.25, 0.3) is 0 Å². The lowest BCUT2D eigenvalue weighted by Gasteiger charge is -2.26. The molecule has 9 heteroatoms. The molecule has 3 heterocycles. The fraction of sp³-hybridized carbons (Fsp3) is 0.556. The summed E-state index contributed by atoms with van der Waals surface area (Å²) in [6.07, 6.45) is 1.85. The smallest absolute Gasteiger partial charge is 0.242 e. The zero-order chi connectivity index (χ0) is 18.5. The Morgan fingerprint density at radius 3 is 3.00 bits per heavy atom. The van der Waals surface area contributed by atoms with Crippen molar-refractivity contribution in [1.29, 1.82) is 0 Å². The van der Waals surface area contributed by atoms with Crippen molar-refractivity contribution in [2.45, 2.75) is 32.0 Å². The number of ether oxygens (including phenoxy) is 2. The number of tetrazole rings is 1. The highest BCUT2D eigenvalue weighted by Gasteiger charge is 2.21. The second-order valence-corrected chi connectivity index (χ2v) is 6.83. The van der Waals surface area contributed by atoms with Crippen LogP contribution in [0.15, 0.2) is 24.3 Å². The zero-order valence-electron chi connectivity index (χ0n) is 15.2. The van der Waals surface area contributed by atoms with E-state index in [-0.39, 0.29) is 18.6 Å². The van der Waals surface area contributed by atoms with Gasteiger partial charge < -0.3 is 14.8 Å². The van der Waals surface area contributed by atoms with Gasteiger partial charge in [0.05, 0.1) is 26.3 Å². The fourth-order valence-electron chi connectivity index (χ4n) is 3.36. The maximum Gasteiger partial charge on any atom is 0.242 e. The van der Waals surface area contributed by atoms with Gasteiger partial charge in [-0.2, -0.15) is 0 Å². The van der Waals surface area contributed by atoms with Crippen molar-refractivity contribution in [3.63, 3.8) is 0 Å². The van der Waals surface area contributed by atoms with E-state index in [1.807, 2.05) is 18.2 Å². The number of hydrogen-bond donors (Lipinski definition) is 1. The van der Waals surface area contributed by atoms with Gasteiger partial charge >= 0.3 is 0 Å². The summed E-state index contributed by atoms with van der Waals surface area (Å²) in [5, 5.41) is 14.7. The van der Waals surface area contributed by atoms with Crippen molar-refractivity contribution >= 4 is 5.91 Å². The van der Waals surface area contributed by atoms with Gasteiger partial charge in [-0.15, -0.1) is 5.10 Å². The Labute approximate surface area is 157 Å². The van der Waals surface area contributed by atoms with E-state index in [4.69, 9.17) is 9.47 Å². The van der Waals surface area contributed by atoms with E-state index in [2.05, 4.69) is 31.8 Å². The van der Waals surface area contributed by atoms with Gasteiger partial charge in [0.1, 0.15) is 18.4 Å². The third-order valence-electron chi connectivity index (χ3n) is 4.90. The number of fused-ring (bicyclic) bond motifs is 1. The molecule has 2 aliphatic heterocycles. The lowest BCUT2D eigenvalue weighted by molar-refractivity contribution is -0.122. The summed E-state index contributed by atoms with van der Waals surface area (Å²) < 4.78 is 12.9. The molecule has 4 rings (SSSR count). The molecule has 9 nitrogen and oxygen atoms in total. The summed E-state index contributed by atoms with van der Waals surface area (Å²) in [4.78, 5) is 14.5. The van der Waals surface area contributed by atoms with Crippen molar-refractivity contribution in [2.24, 2.45) is 0 Å². The molecule has 1 amide bonds. The number of rotatable bonds is 6. The highest BCUT2D eigenvalue weighted by molar-refractivity contribution is 5.75. The SMILES string of the molecule is O=C(Cn1nnnc1CN1CCOCC1)NC[C@H]1CCc2ccccc2O1. The predicted molar refractivity (Wildman–Crippen MR) is 96.1 cm³/mol. The summed E-state index contributed by atoms with van der Waals surface area (Å²) in [6.45, 7) is 4.33. The minimum atomic E-state index is -0.118. The number of para-hydroxylation sites is 1. The van der Waals surface area contributed by atoms with E-state index in [9.17, 15) is 4.79 Å². The molecule has 0 bridgehead atoms. The first-order valence-electron chi connectivity index (χ1n) is 9.34. The minimum absolute atomic E-state index is 0.00876. The number of carbonyl (C=O) groups is 1. The van der Waals surface area contributed by atoms with E-state index in [1.165, 1.54) is 5.56 Å². The van der Waals surface area contributed by atoms with Gasteiger partial charge in [-0.1, -0.05) is 18.2 Å². The van der Waals surface area contributed by atoms with Crippen molar-refractivity contribution in [3.05, 3.63) is 35.7 Å². The first-order chi connectivity index (χ1) is 13.3. The van der Waals surface area contributed by atoms with Crippen LogP contribution in [0.1, 0.15) is 17.8 Å². The van der Waals surface area contributed by atoms with Crippen molar-refractivity contribution in [1.82, 2.24) is 30.4 Å². The number of carbonyl (C=O) groups excluding carboxylic acids is 1. The second kappa shape index (κ2) is 8.45. The van der Waals surface area contributed by atoms with Gasteiger partial charge in [-0.05, 0) is 34.9 Å². The molecule has 1 atom stereocenters. The zero-order valence-corrected chi connectivity index (χ0v) is 15.2. The van der Waals surface area contributed by atoms with Crippen LogP contribution in [0.3, 0.4) is 0 Å². The molecule has 0 aliphatic carbocycles. The van der Waals surface area contributed by atoms with Gasteiger partial charge in [0.15, 0.2) is 5.82 Å². The quantitative estimate of drug-likeness (QED) is 0.764. The molecule has 0 unspecified atom stereocenters. The lowest BCUT2D eigenvalue weighted by atomic mass is 10.0. The maximum absolute atomic E-state index is 12.3. The van der Waals surface area contributed by atoms with Crippen LogP contribution >= 0.6 is 0 Å². The Balaban J connectivity index is 1.26. The molecule has 1 aromatic heterocycles. The Morgan fingerprint density at radius 1 is 1.26 bits per heavy atom. The van der Waals surface area contributed by atoms with Gasteiger partial charge in [-0.25, -0.2) is 4.68 Å². The third kappa shape index (κ3) is 4.61. The molecule has 1 aromatic carbocycles. The summed E-state index contributed by atoms with van der Waals surface area (Å²) >= 11 is 0. The number of morpholine rings is 1. The molecule has 2 aromatic rings. The molecule has 1 fully saturated rings. The highest BCUT2D eigenvalue weighted by Crippen LogP contribution is 2.26. The second-order valence-electron chi connectivity index (χ2n) is 6.83. The molecular formula is C18H24N6O3. The molecule has 0 spiro atoms. The molecule has 0 radical (unpaired) electrons. The fourth-order valence-corrected chi connectivity index (χ4v) is 3.36. The Kier molecular flexibility index (Phi) is 5.59. The molecule has 1 N–H and O–H groups in total. The number of aromatic nitrogens is 4. The van der Waals surface area contributed by atoms with Crippen LogP contribution in [0.4, 0.5) is 0 Å². The number of aryl methyl sites for hydroxylation is 1. The normalized spacial score (nSPS) is 19.9. The van der Waals surface area contributed by atoms with Crippen molar-refractivity contribution in [2.75, 3.05) is 32.8 Å². The van der Waals surface area contributed by atoms with Gasteiger partial charge in [0, 0.05) is 13.1 Å². The first-order valence-corrected chi connectivity index (χ1v) is 9.34. The molecule has 0 saturated carbocycles. The maximum atomic E-state index is 12.3. The standard InChI is InChI=1S/C18H24N6O3/c25-18(19-11-15-6-5-14-3-1-2-4-16(14)27-15)13-24-17(20-21-22-24)12-23-7-9-26-10-8-23/h1-4,15H,5-13H2,(H,19,25)/t15-/m1/s1. The number of amides is 1. The topological polar surface area (TPSA) is 94.4 Å². The van der Waals surface area contributed by atoms with Gasteiger partial charge in [-0.3, -0.25) is 9.69 Å². The van der Waals surface area contributed by atoms with Crippen LogP contribution in [0.2, 0.25) is 0 Å². The number of nitrogens with zero attached hydrogens (tertiary/aromatic N) is 5. The Bertz CT molecular complexity index is 774. The Morgan fingerprint density at radius 2 is 2.11 bits per heavy atom. The predicted octanol–water partition coefficient (Wildman–Crippen LogP) is 0.0153. The Hall–Kier alpha value is -2.52. The van der Waals surface area contributed by atoms with Crippen LogP contribution in [0, 0.1) is 0 Å². The van der Waals surface area contributed by atoms with Gasteiger partial charge in [0.2, 0.25) is 5.91 Å². The van der Waals surface area contributed by atoms with E-state index < -0.39 is 0 Å². The largest absolute Gasteiger partial charge is 0.488 e. The van der Waals surface area contributed by atoms with E-state index in [0.717, 1.165) is 31.7 Å². The van der Waals surface area contributed by atoms with Crippen LogP contribution in [-0.2, 0) is 29.0 Å².